The average Bonchev–Trinajstić information content (AvgIpc) is 2.84. The van der Waals surface area contributed by atoms with Crippen LogP contribution in [0.15, 0.2) is 12.7 Å². The van der Waals surface area contributed by atoms with Crippen LogP contribution in [0.1, 0.15) is 25.7 Å². The van der Waals surface area contributed by atoms with Crippen molar-refractivity contribution in [3.63, 3.8) is 0 Å². The maximum absolute atomic E-state index is 12.7. The summed E-state index contributed by atoms with van der Waals surface area (Å²) in [6.45, 7) is 3.63. The van der Waals surface area contributed by atoms with Gasteiger partial charge < -0.3 is 5.11 Å². The van der Waals surface area contributed by atoms with Crippen LogP contribution in [0.25, 0.3) is 0 Å². The molecule has 116 valence electrons. The van der Waals surface area contributed by atoms with E-state index >= 15 is 0 Å². The molecule has 0 aromatic heterocycles. The normalized spacial score (nSPS) is 34.5. The Balaban J connectivity index is 2.14. The summed E-state index contributed by atoms with van der Waals surface area (Å²) in [4.78, 5) is 0. The van der Waals surface area contributed by atoms with Gasteiger partial charge in [0.2, 0.25) is 0 Å². The molecule has 1 nitrogen and oxygen atoms in total. The molecule has 0 spiro atoms. The van der Waals surface area contributed by atoms with Gasteiger partial charge in [0.1, 0.15) is 0 Å². The molecule has 0 aliphatic heterocycles. The van der Waals surface area contributed by atoms with Crippen LogP contribution >= 0.6 is 0 Å². The number of fused-ring (bicyclic) bond motifs is 2. The summed E-state index contributed by atoms with van der Waals surface area (Å²) in [5.74, 6) is -0.627. The van der Waals surface area contributed by atoms with Crippen molar-refractivity contribution in [1.82, 2.24) is 0 Å². The first-order valence-corrected chi connectivity index (χ1v) is 6.48. The second-order valence-corrected chi connectivity index (χ2v) is 5.95. The maximum Gasteiger partial charge on any atom is 0.426 e. The highest BCUT2D eigenvalue weighted by Crippen LogP contribution is 2.57. The topological polar surface area (TPSA) is 20.2 Å². The molecule has 2 bridgehead atoms. The summed E-state index contributed by atoms with van der Waals surface area (Å²) in [6, 6.07) is 0. The van der Waals surface area contributed by atoms with Crippen LogP contribution < -0.4 is 0 Å². The van der Waals surface area contributed by atoms with E-state index in [0.717, 1.165) is 0 Å². The number of halogens is 6. The predicted octanol–water partition coefficient (Wildman–Crippen LogP) is 4.08. The van der Waals surface area contributed by atoms with Gasteiger partial charge in [-0.25, -0.2) is 0 Å². The molecule has 0 heterocycles. The maximum atomic E-state index is 12.7. The summed E-state index contributed by atoms with van der Waals surface area (Å²) in [7, 11) is 0. The van der Waals surface area contributed by atoms with Gasteiger partial charge in [0, 0.05) is 0 Å². The van der Waals surface area contributed by atoms with Gasteiger partial charge in [0.15, 0.2) is 0 Å². The summed E-state index contributed by atoms with van der Waals surface area (Å²) >= 11 is 0. The zero-order chi connectivity index (χ0) is 15.3. The summed E-state index contributed by atoms with van der Waals surface area (Å²) in [5, 5.41) is 9.23. The van der Waals surface area contributed by atoms with Crippen LogP contribution in [0.4, 0.5) is 26.3 Å². The van der Waals surface area contributed by atoms with Gasteiger partial charge in [0.25, 0.3) is 5.60 Å². The lowest BCUT2D eigenvalue weighted by Crippen LogP contribution is -2.58. The molecule has 0 amide bonds. The lowest BCUT2D eigenvalue weighted by Gasteiger charge is -2.37. The van der Waals surface area contributed by atoms with E-state index in [1.165, 1.54) is 0 Å². The molecule has 2 aliphatic carbocycles. The minimum absolute atomic E-state index is 0.105. The number of allylic oxidation sites excluding steroid dienone is 1. The van der Waals surface area contributed by atoms with Crippen molar-refractivity contribution in [2.75, 3.05) is 0 Å². The molecule has 0 aromatic rings. The third-order valence-corrected chi connectivity index (χ3v) is 4.86. The fourth-order valence-corrected chi connectivity index (χ4v) is 3.75. The fourth-order valence-electron chi connectivity index (χ4n) is 3.75. The number of rotatable bonds is 3. The average molecular weight is 302 g/mol. The van der Waals surface area contributed by atoms with E-state index < -0.39 is 30.3 Å². The molecule has 0 saturated heterocycles. The molecule has 0 radical (unpaired) electrons. The quantitative estimate of drug-likeness (QED) is 0.615. The van der Waals surface area contributed by atoms with E-state index in [-0.39, 0.29) is 17.8 Å². The standard InChI is InChI=1S/C13H16F6O/c1-2-7-3-9-4-8(7)5-10(9)6-11(20,12(14,15)16)13(17,18)19/h2,7-10,20H,1,3-6H2. The van der Waals surface area contributed by atoms with E-state index in [9.17, 15) is 31.4 Å². The number of alkyl halides is 6. The molecular formula is C13H16F6O. The smallest absolute Gasteiger partial charge is 0.374 e. The number of aliphatic hydroxyl groups is 1. The van der Waals surface area contributed by atoms with Gasteiger partial charge in [-0.2, -0.15) is 26.3 Å². The zero-order valence-corrected chi connectivity index (χ0v) is 10.6. The van der Waals surface area contributed by atoms with Crippen LogP contribution in [-0.2, 0) is 0 Å². The van der Waals surface area contributed by atoms with Crippen LogP contribution in [0, 0.1) is 23.7 Å². The van der Waals surface area contributed by atoms with Gasteiger partial charge in [-0.3, -0.25) is 0 Å². The van der Waals surface area contributed by atoms with Crippen LogP contribution in [-0.4, -0.2) is 23.1 Å². The van der Waals surface area contributed by atoms with Crippen molar-refractivity contribution in [2.45, 2.75) is 43.6 Å². The first kappa shape index (κ1) is 15.7. The lowest BCUT2D eigenvalue weighted by atomic mass is 9.76. The molecule has 2 aliphatic rings. The lowest BCUT2D eigenvalue weighted by molar-refractivity contribution is -0.373. The minimum atomic E-state index is -5.70. The highest BCUT2D eigenvalue weighted by molar-refractivity contribution is 5.05. The SMILES string of the molecule is C=CC1CC2CC1CC2CC(O)(C(F)(F)F)C(F)(F)F. The highest BCUT2D eigenvalue weighted by Gasteiger charge is 2.71. The Morgan fingerprint density at radius 2 is 1.50 bits per heavy atom. The van der Waals surface area contributed by atoms with Crippen molar-refractivity contribution in [3.8, 4) is 0 Å². The first-order chi connectivity index (χ1) is 8.99. The van der Waals surface area contributed by atoms with Gasteiger partial charge in [-0.1, -0.05) is 6.08 Å². The second-order valence-electron chi connectivity index (χ2n) is 5.95. The Bertz CT molecular complexity index is 371. The number of hydrogen-bond acceptors (Lipinski definition) is 1. The van der Waals surface area contributed by atoms with Crippen LogP contribution in [0.2, 0.25) is 0 Å². The Kier molecular flexibility index (Phi) is 3.64. The van der Waals surface area contributed by atoms with E-state index in [1.54, 1.807) is 6.08 Å². The minimum Gasteiger partial charge on any atom is -0.374 e. The van der Waals surface area contributed by atoms with Gasteiger partial charge in [0.05, 0.1) is 0 Å². The van der Waals surface area contributed by atoms with E-state index in [0.29, 0.717) is 19.3 Å². The Labute approximate surface area is 112 Å². The molecule has 1 N–H and O–H groups in total. The Hall–Kier alpha value is -0.720. The second kappa shape index (κ2) is 4.64. The van der Waals surface area contributed by atoms with Gasteiger partial charge >= 0.3 is 12.4 Å². The van der Waals surface area contributed by atoms with Crippen molar-refractivity contribution in [2.24, 2.45) is 23.7 Å². The van der Waals surface area contributed by atoms with Crippen LogP contribution in [0.5, 0.6) is 0 Å². The fraction of sp³-hybridized carbons (Fsp3) is 0.846. The third-order valence-electron chi connectivity index (χ3n) is 4.86. The third kappa shape index (κ3) is 2.34. The highest BCUT2D eigenvalue weighted by atomic mass is 19.4. The number of hydrogen-bond donors (Lipinski definition) is 1. The summed E-state index contributed by atoms with van der Waals surface area (Å²) < 4.78 is 75.9. The molecule has 0 aromatic carbocycles. The summed E-state index contributed by atoms with van der Waals surface area (Å²) in [5.41, 5.74) is -4.60. The van der Waals surface area contributed by atoms with Crippen LogP contribution in [0.3, 0.4) is 0 Å². The molecule has 20 heavy (non-hydrogen) atoms. The van der Waals surface area contributed by atoms with E-state index in [4.69, 9.17) is 0 Å². The molecule has 2 rings (SSSR count). The molecule has 4 atom stereocenters. The monoisotopic (exact) mass is 302 g/mol. The molecule has 4 unspecified atom stereocenters. The molecule has 2 saturated carbocycles. The van der Waals surface area contributed by atoms with Gasteiger partial charge in [-0.05, 0) is 49.4 Å². The van der Waals surface area contributed by atoms with E-state index in [1.807, 2.05) is 0 Å². The zero-order valence-electron chi connectivity index (χ0n) is 10.6. The largest absolute Gasteiger partial charge is 0.426 e. The first-order valence-electron chi connectivity index (χ1n) is 6.48. The molecule has 7 heteroatoms. The van der Waals surface area contributed by atoms with Crippen molar-refractivity contribution < 1.29 is 31.4 Å². The van der Waals surface area contributed by atoms with Gasteiger partial charge in [-0.15, -0.1) is 6.58 Å². The molecule has 2 fully saturated rings. The Morgan fingerprint density at radius 3 is 1.85 bits per heavy atom. The predicted molar refractivity (Wildman–Crippen MR) is 59.7 cm³/mol. The molecular weight excluding hydrogens is 286 g/mol. The summed E-state index contributed by atoms with van der Waals surface area (Å²) in [6.07, 6.45) is -9.46. The van der Waals surface area contributed by atoms with Crippen molar-refractivity contribution in [3.05, 3.63) is 12.7 Å². The van der Waals surface area contributed by atoms with Crippen molar-refractivity contribution in [1.29, 1.82) is 0 Å². The van der Waals surface area contributed by atoms with Crippen molar-refractivity contribution >= 4 is 0 Å². The van der Waals surface area contributed by atoms with E-state index in [2.05, 4.69) is 6.58 Å². The Morgan fingerprint density at radius 1 is 0.950 bits per heavy atom.